The summed E-state index contributed by atoms with van der Waals surface area (Å²) in [5.41, 5.74) is 3.09. The highest BCUT2D eigenvalue weighted by atomic mass is 32.2. The molecule has 1 heterocycles. The van der Waals surface area contributed by atoms with Gasteiger partial charge in [0.1, 0.15) is 11.6 Å². The number of nitrogens with one attached hydrogen (secondary N) is 3. The van der Waals surface area contributed by atoms with Crippen LogP contribution in [-0.4, -0.2) is 46.1 Å². The molecule has 4 N–H and O–H groups in total. The molecular formula is C28H29N3O8S2. The molecule has 0 unspecified atom stereocenters. The highest BCUT2D eigenvalue weighted by molar-refractivity contribution is 7.92. The van der Waals surface area contributed by atoms with Crippen LogP contribution in [0.5, 0.6) is 0 Å². The van der Waals surface area contributed by atoms with E-state index in [0.717, 1.165) is 11.8 Å². The summed E-state index contributed by atoms with van der Waals surface area (Å²) in [7, 11) is -7.58. The van der Waals surface area contributed by atoms with E-state index in [9.17, 15) is 31.5 Å². The Morgan fingerprint density at radius 2 is 1.46 bits per heavy atom. The SMILES string of the molecule is Cc1c(C(=O)Nc2ccc(-c3ccc(S(=O)(=O)N[C@@H](C(=O)O)C(C)C)cc3)cc2)oc2cccc(NS(C)(=O)=O)c12. The number of anilines is 2. The van der Waals surface area contributed by atoms with Gasteiger partial charge in [-0.3, -0.25) is 14.3 Å². The molecule has 1 aromatic heterocycles. The lowest BCUT2D eigenvalue weighted by Crippen LogP contribution is -2.44. The second-order valence-electron chi connectivity index (χ2n) is 9.85. The van der Waals surface area contributed by atoms with Crippen LogP contribution in [-0.2, 0) is 24.8 Å². The molecule has 0 saturated heterocycles. The van der Waals surface area contributed by atoms with E-state index in [4.69, 9.17) is 4.42 Å². The van der Waals surface area contributed by atoms with Crippen LogP contribution in [0.3, 0.4) is 0 Å². The Hall–Kier alpha value is -4.20. The number of carboxylic acid groups (broad SMARTS) is 1. The van der Waals surface area contributed by atoms with E-state index in [1.807, 2.05) is 0 Å². The van der Waals surface area contributed by atoms with Crippen molar-refractivity contribution >= 4 is 54.3 Å². The minimum absolute atomic E-state index is 0.0415. The molecule has 13 heteroatoms. The van der Waals surface area contributed by atoms with Gasteiger partial charge in [-0.15, -0.1) is 0 Å². The van der Waals surface area contributed by atoms with Crippen molar-refractivity contribution in [1.29, 1.82) is 0 Å². The van der Waals surface area contributed by atoms with Crippen LogP contribution >= 0.6 is 0 Å². The molecule has 3 aromatic carbocycles. The van der Waals surface area contributed by atoms with Gasteiger partial charge in [-0.25, -0.2) is 16.8 Å². The molecule has 0 aliphatic rings. The fourth-order valence-corrected chi connectivity index (χ4v) is 6.18. The fraction of sp³-hybridized carbons (Fsp3) is 0.214. The van der Waals surface area contributed by atoms with Crippen molar-refractivity contribution in [2.24, 2.45) is 5.92 Å². The molecular weight excluding hydrogens is 570 g/mol. The van der Waals surface area contributed by atoms with Crippen LogP contribution < -0.4 is 14.8 Å². The summed E-state index contributed by atoms with van der Waals surface area (Å²) in [5, 5.41) is 12.6. The van der Waals surface area contributed by atoms with Gasteiger partial charge in [0.05, 0.1) is 16.8 Å². The van der Waals surface area contributed by atoms with Gasteiger partial charge in [-0.1, -0.05) is 44.2 Å². The van der Waals surface area contributed by atoms with E-state index in [1.165, 1.54) is 12.1 Å². The zero-order chi connectivity index (χ0) is 30.1. The number of amides is 1. The lowest BCUT2D eigenvalue weighted by Gasteiger charge is -2.18. The van der Waals surface area contributed by atoms with Gasteiger partial charge in [-0.05, 0) is 60.4 Å². The lowest BCUT2D eigenvalue weighted by molar-refractivity contribution is -0.140. The van der Waals surface area contributed by atoms with E-state index in [0.29, 0.717) is 33.5 Å². The molecule has 0 aliphatic carbocycles. The van der Waals surface area contributed by atoms with Crippen LogP contribution in [0.2, 0.25) is 0 Å². The monoisotopic (exact) mass is 599 g/mol. The second-order valence-corrected chi connectivity index (χ2v) is 13.3. The number of carbonyl (C=O) groups excluding carboxylic acids is 1. The number of hydrogen-bond acceptors (Lipinski definition) is 7. The molecule has 0 spiro atoms. The van der Waals surface area contributed by atoms with Crippen molar-refractivity contribution in [3.8, 4) is 11.1 Å². The minimum Gasteiger partial charge on any atom is -0.480 e. The number of rotatable bonds is 10. The summed E-state index contributed by atoms with van der Waals surface area (Å²) in [6.07, 6.45) is 1.04. The average Bonchev–Trinajstić information content (AvgIpc) is 3.24. The van der Waals surface area contributed by atoms with E-state index in [-0.39, 0.29) is 10.7 Å². The summed E-state index contributed by atoms with van der Waals surface area (Å²) in [5.74, 6) is -2.16. The quantitative estimate of drug-likeness (QED) is 0.207. The maximum absolute atomic E-state index is 13.0. The molecule has 0 saturated carbocycles. The van der Waals surface area contributed by atoms with Crippen molar-refractivity contribution in [1.82, 2.24) is 4.72 Å². The van der Waals surface area contributed by atoms with Crippen LogP contribution in [0.4, 0.5) is 11.4 Å². The van der Waals surface area contributed by atoms with Crippen molar-refractivity contribution in [3.63, 3.8) is 0 Å². The highest BCUT2D eigenvalue weighted by Crippen LogP contribution is 2.33. The van der Waals surface area contributed by atoms with Gasteiger partial charge >= 0.3 is 5.97 Å². The fourth-order valence-electron chi connectivity index (χ4n) is 4.27. The number of furan rings is 1. The van der Waals surface area contributed by atoms with E-state index in [1.54, 1.807) is 75.4 Å². The summed E-state index contributed by atoms with van der Waals surface area (Å²) in [6.45, 7) is 4.90. The summed E-state index contributed by atoms with van der Waals surface area (Å²) in [4.78, 5) is 24.3. The molecule has 0 fully saturated rings. The Bertz CT molecular complexity index is 1830. The Morgan fingerprint density at radius 3 is 2.00 bits per heavy atom. The van der Waals surface area contributed by atoms with E-state index >= 15 is 0 Å². The maximum atomic E-state index is 13.0. The highest BCUT2D eigenvalue weighted by Gasteiger charge is 2.28. The van der Waals surface area contributed by atoms with Crippen molar-refractivity contribution < 1.29 is 35.9 Å². The number of benzene rings is 3. The zero-order valence-corrected chi connectivity index (χ0v) is 24.3. The molecule has 0 bridgehead atoms. The third-order valence-corrected chi connectivity index (χ3v) is 8.36. The van der Waals surface area contributed by atoms with E-state index in [2.05, 4.69) is 14.8 Å². The molecule has 4 aromatic rings. The number of aliphatic carboxylic acids is 1. The molecule has 4 rings (SSSR count). The molecule has 1 amide bonds. The minimum atomic E-state index is -4.04. The maximum Gasteiger partial charge on any atom is 0.322 e. The standard InChI is InChI=1S/C28H29N3O8S2/c1-16(2)25(28(33)34)31-41(37,38)21-14-10-19(11-15-21)18-8-12-20(13-9-18)29-27(32)26-17(3)24-22(30-40(4,35)36)6-5-7-23(24)39-26/h5-16,25,30-31H,1-4H3,(H,29,32)(H,33,34)/t25-/m1/s1. The zero-order valence-electron chi connectivity index (χ0n) is 22.6. The molecule has 11 nitrogen and oxygen atoms in total. The summed E-state index contributed by atoms with van der Waals surface area (Å²) in [6, 6.07) is 16.4. The van der Waals surface area contributed by atoms with Gasteiger partial charge in [0.2, 0.25) is 20.0 Å². The van der Waals surface area contributed by atoms with Crippen LogP contribution in [0.1, 0.15) is 30.0 Å². The van der Waals surface area contributed by atoms with Gasteiger partial charge in [0, 0.05) is 16.6 Å². The number of carbonyl (C=O) groups is 2. The van der Waals surface area contributed by atoms with Crippen LogP contribution in [0.15, 0.2) is 76.0 Å². The Balaban J connectivity index is 1.50. The molecule has 1 atom stereocenters. The van der Waals surface area contributed by atoms with Gasteiger partial charge < -0.3 is 14.8 Å². The molecule has 41 heavy (non-hydrogen) atoms. The Kier molecular flexibility index (Phi) is 8.24. The first-order valence-electron chi connectivity index (χ1n) is 12.4. The topological polar surface area (TPSA) is 172 Å². The van der Waals surface area contributed by atoms with Crippen molar-refractivity contribution in [2.45, 2.75) is 31.7 Å². The normalized spacial score (nSPS) is 12.8. The number of hydrogen-bond donors (Lipinski definition) is 4. The molecule has 216 valence electrons. The molecule has 0 radical (unpaired) electrons. The van der Waals surface area contributed by atoms with Crippen molar-refractivity contribution in [2.75, 3.05) is 16.3 Å². The number of fused-ring (bicyclic) bond motifs is 1. The second kappa shape index (κ2) is 11.4. The molecule has 0 aliphatic heterocycles. The third-order valence-electron chi connectivity index (χ3n) is 6.31. The first-order chi connectivity index (χ1) is 19.2. The number of carboxylic acids is 1. The summed E-state index contributed by atoms with van der Waals surface area (Å²) < 4.78 is 59.2. The first-order valence-corrected chi connectivity index (χ1v) is 15.8. The van der Waals surface area contributed by atoms with Crippen LogP contribution in [0.25, 0.3) is 22.1 Å². The third kappa shape index (κ3) is 6.76. The van der Waals surface area contributed by atoms with E-state index < -0.39 is 43.9 Å². The Labute approximate surface area is 237 Å². The number of sulfonamides is 2. The van der Waals surface area contributed by atoms with Gasteiger partial charge in [-0.2, -0.15) is 4.72 Å². The predicted octanol–water partition coefficient (Wildman–Crippen LogP) is 4.42. The lowest BCUT2D eigenvalue weighted by atomic mass is 10.1. The largest absolute Gasteiger partial charge is 0.480 e. The average molecular weight is 600 g/mol. The van der Waals surface area contributed by atoms with Gasteiger partial charge in [0.15, 0.2) is 5.76 Å². The van der Waals surface area contributed by atoms with Gasteiger partial charge in [0.25, 0.3) is 5.91 Å². The van der Waals surface area contributed by atoms with Crippen LogP contribution in [0, 0.1) is 12.8 Å². The number of aryl methyl sites for hydroxylation is 1. The predicted molar refractivity (Wildman–Crippen MR) is 156 cm³/mol. The first kappa shape index (κ1) is 29.8. The Morgan fingerprint density at radius 1 is 0.878 bits per heavy atom. The summed E-state index contributed by atoms with van der Waals surface area (Å²) >= 11 is 0. The van der Waals surface area contributed by atoms with Crippen molar-refractivity contribution in [3.05, 3.63) is 78.1 Å². The smallest absolute Gasteiger partial charge is 0.322 e.